The van der Waals surface area contributed by atoms with E-state index in [1.165, 1.54) is 63.5 Å². The number of hydrogen-bond donors (Lipinski definition) is 5. The number of hydrogen-bond acceptors (Lipinski definition) is 8. The van der Waals surface area contributed by atoms with Crippen LogP contribution in [0, 0.1) is 5.92 Å². The number of aldehydes is 1. The van der Waals surface area contributed by atoms with Gasteiger partial charge in [-0.2, -0.15) is 12.6 Å². The number of allylic oxidation sites excluding steroid dienone is 2. The fourth-order valence-electron chi connectivity index (χ4n) is 4.36. The molecule has 0 aliphatic heterocycles. The molecule has 1 amide bonds. The molecule has 0 bridgehead atoms. The molecule has 0 heterocycles. The van der Waals surface area contributed by atoms with Crippen LogP contribution in [0.15, 0.2) is 24.6 Å². The first-order valence-electron chi connectivity index (χ1n) is 22.4. The van der Waals surface area contributed by atoms with Crippen LogP contribution in [0.25, 0.3) is 0 Å². The van der Waals surface area contributed by atoms with Crippen LogP contribution in [0.2, 0.25) is 0 Å². The lowest BCUT2D eigenvalue weighted by Gasteiger charge is -2.16. The number of amides is 1. The zero-order chi connectivity index (χ0) is 45.3. The number of aliphatic hydroxyl groups is 1. The maximum Gasteiger partial charge on any atom is 0.326 e. The summed E-state index contributed by atoms with van der Waals surface area (Å²) < 4.78 is 0. The van der Waals surface area contributed by atoms with Crippen molar-refractivity contribution in [2.24, 2.45) is 5.92 Å². The van der Waals surface area contributed by atoms with Gasteiger partial charge in [-0.1, -0.05) is 201 Å². The predicted molar refractivity (Wildman–Crippen MR) is 270 cm³/mol. The number of carboxylic acids is 1. The van der Waals surface area contributed by atoms with Gasteiger partial charge in [0.1, 0.15) is 12.3 Å². The molecule has 0 saturated heterocycles. The van der Waals surface area contributed by atoms with Gasteiger partial charge in [-0.15, -0.1) is 0 Å². The van der Waals surface area contributed by atoms with Crippen LogP contribution >= 0.6 is 34.2 Å². The summed E-state index contributed by atoms with van der Waals surface area (Å²) in [5, 5.41) is 24.4. The molecule has 0 spiro atoms. The van der Waals surface area contributed by atoms with E-state index >= 15 is 0 Å². The minimum absolute atomic E-state index is 0. The van der Waals surface area contributed by atoms with Crippen LogP contribution in [0.1, 0.15) is 218 Å². The highest BCUT2D eigenvalue weighted by atomic mass is 33.1. The van der Waals surface area contributed by atoms with Crippen LogP contribution < -0.4 is 10.6 Å². The average molecular weight is 896 g/mol. The summed E-state index contributed by atoms with van der Waals surface area (Å²) in [4.78, 5) is 34.4. The van der Waals surface area contributed by atoms with Crippen LogP contribution in [-0.4, -0.2) is 64.7 Å². The lowest BCUT2D eigenvalue weighted by atomic mass is 10.0. The minimum Gasteiger partial charge on any atom is -0.513 e. The van der Waals surface area contributed by atoms with Gasteiger partial charge in [-0.25, -0.2) is 4.79 Å². The van der Waals surface area contributed by atoms with Crippen molar-refractivity contribution in [1.29, 1.82) is 0 Å². The highest BCUT2D eigenvalue weighted by molar-refractivity contribution is 8.76. The number of aliphatic carboxylic acids is 1. The molecule has 2 atom stereocenters. The van der Waals surface area contributed by atoms with Crippen LogP contribution in [0.4, 0.5) is 4.70 Å². The molecule has 358 valence electrons. The molecule has 0 fully saturated rings. The number of halogens is 1. The van der Waals surface area contributed by atoms with Gasteiger partial charge < -0.3 is 31.1 Å². The van der Waals surface area contributed by atoms with Crippen molar-refractivity contribution in [1.82, 2.24) is 10.6 Å². The third-order valence-corrected chi connectivity index (χ3v) is 9.30. The fourth-order valence-corrected chi connectivity index (χ4v) is 5.30. The first kappa shape index (κ1) is 80.6. The number of aliphatic hydroxyl groups excluding tert-OH is 1. The normalized spacial score (nSPS) is 9.71. The lowest BCUT2D eigenvalue weighted by Crippen LogP contribution is -2.40. The molecule has 8 nitrogen and oxygen atoms in total. The van der Waals surface area contributed by atoms with E-state index in [1.807, 2.05) is 83.9 Å². The Morgan fingerprint density at radius 2 is 1.07 bits per heavy atom. The molecule has 0 aliphatic rings. The van der Waals surface area contributed by atoms with Gasteiger partial charge >= 0.3 is 5.97 Å². The SMILES string of the molecule is C=C(O)CCCCCCCCCCCCCCC(=O)N[C@@H](CCC(=C)NCCCC[C@H](C)C=O)C(=O)O.CC.CC.CC.CC.CCCC.CCSSC.CS.F.O. The van der Waals surface area contributed by atoms with Crippen molar-refractivity contribution < 1.29 is 34.8 Å². The van der Waals surface area contributed by atoms with E-state index in [-0.39, 0.29) is 22.0 Å². The van der Waals surface area contributed by atoms with Crippen molar-refractivity contribution in [3.8, 4) is 0 Å². The van der Waals surface area contributed by atoms with Gasteiger partial charge in [0.15, 0.2) is 0 Å². The van der Waals surface area contributed by atoms with Crippen molar-refractivity contribution in [3.63, 3.8) is 0 Å². The molecule has 0 saturated carbocycles. The Bertz CT molecular complexity index is 750. The number of carbonyl (C=O) groups is 3. The van der Waals surface area contributed by atoms with E-state index in [4.69, 9.17) is 5.11 Å². The molecular weight excluding hydrogens is 792 g/mol. The molecule has 6 N–H and O–H groups in total. The number of nitrogens with one attached hydrogen (secondary N) is 2. The molecule has 0 aromatic carbocycles. The number of thiol groups is 1. The van der Waals surface area contributed by atoms with E-state index in [2.05, 4.69) is 63.4 Å². The summed E-state index contributed by atoms with van der Waals surface area (Å²) in [7, 11) is 3.70. The van der Waals surface area contributed by atoms with Gasteiger partial charge in [-0.05, 0) is 51.0 Å². The smallest absolute Gasteiger partial charge is 0.326 e. The van der Waals surface area contributed by atoms with E-state index < -0.39 is 12.0 Å². The summed E-state index contributed by atoms with van der Waals surface area (Å²) in [6.07, 6.45) is 25.8. The van der Waals surface area contributed by atoms with Crippen molar-refractivity contribution in [2.75, 3.05) is 24.8 Å². The van der Waals surface area contributed by atoms with Crippen molar-refractivity contribution in [3.05, 3.63) is 24.6 Å². The molecule has 0 unspecified atom stereocenters. The van der Waals surface area contributed by atoms with Crippen LogP contribution in [0.5, 0.6) is 0 Å². The third-order valence-electron chi connectivity index (χ3n) is 7.42. The lowest BCUT2D eigenvalue weighted by molar-refractivity contribution is -0.142. The largest absolute Gasteiger partial charge is 0.513 e. The Hall–Kier alpha value is -1.37. The summed E-state index contributed by atoms with van der Waals surface area (Å²) in [6.45, 7) is 32.6. The second-order valence-corrected chi connectivity index (χ2v) is 14.9. The molecule has 0 radical (unpaired) electrons. The Labute approximate surface area is 375 Å². The van der Waals surface area contributed by atoms with E-state index in [0.29, 0.717) is 25.0 Å². The molecular formula is C46H103FN2O6S3. The van der Waals surface area contributed by atoms with Gasteiger partial charge in [0.2, 0.25) is 5.91 Å². The minimum atomic E-state index is -1.01. The Morgan fingerprint density at radius 1 is 0.672 bits per heavy atom. The summed E-state index contributed by atoms with van der Waals surface area (Å²) in [6, 6.07) is -0.895. The van der Waals surface area contributed by atoms with Gasteiger partial charge in [0.05, 0.1) is 5.76 Å². The Balaban J connectivity index is -0.000000116. The van der Waals surface area contributed by atoms with Gasteiger partial charge in [0.25, 0.3) is 0 Å². The number of carbonyl (C=O) groups excluding carboxylic acids is 2. The zero-order valence-electron chi connectivity index (χ0n) is 40.7. The number of rotatable bonds is 30. The predicted octanol–water partition coefficient (Wildman–Crippen LogP) is 14.8. The summed E-state index contributed by atoms with van der Waals surface area (Å²) in [5.41, 5.74) is 0.772. The van der Waals surface area contributed by atoms with Crippen LogP contribution in [-0.2, 0) is 14.4 Å². The number of unbranched alkanes of at least 4 members (excludes halogenated alkanes) is 13. The van der Waals surface area contributed by atoms with E-state index in [9.17, 15) is 19.5 Å². The highest BCUT2D eigenvalue weighted by Crippen LogP contribution is 2.15. The third kappa shape index (κ3) is 90.7. The van der Waals surface area contributed by atoms with E-state index in [1.54, 1.807) is 6.26 Å². The first-order valence-corrected chi connectivity index (χ1v) is 26.1. The Morgan fingerprint density at radius 3 is 1.38 bits per heavy atom. The molecule has 58 heavy (non-hydrogen) atoms. The van der Waals surface area contributed by atoms with Crippen molar-refractivity contribution in [2.45, 2.75) is 224 Å². The molecule has 0 aromatic heterocycles. The molecule has 0 aliphatic carbocycles. The number of carboxylic acid groups (broad SMARTS) is 1. The molecule has 0 aromatic rings. The average Bonchev–Trinajstić information content (AvgIpc) is 3.23. The maximum atomic E-state index is 12.2. The fraction of sp³-hybridized carbons (Fsp3) is 0.848. The van der Waals surface area contributed by atoms with E-state index in [0.717, 1.165) is 76.3 Å². The monoisotopic (exact) mass is 895 g/mol. The second kappa shape index (κ2) is 83.4. The second-order valence-electron chi connectivity index (χ2n) is 12.0. The Kier molecular flexibility index (Phi) is 116. The molecule has 0 rings (SSSR count). The van der Waals surface area contributed by atoms with Crippen LogP contribution in [0.3, 0.4) is 0 Å². The topological polar surface area (TPSA) is 147 Å². The first-order chi connectivity index (χ1) is 27.1. The van der Waals surface area contributed by atoms with Gasteiger partial charge in [-0.3, -0.25) is 9.50 Å². The summed E-state index contributed by atoms with van der Waals surface area (Å²) >= 11 is 3.53. The quantitative estimate of drug-likeness (QED) is 0.0157. The standard InChI is InChI=1S/C30H54N2O5.C4H10.C3H8S2.4C2H6.CH4S.FH.H2O/c1-25(24-33)18-16-17-23-31-26(2)21-22-28(30(36)37)32-29(35)20-15-13-11-9-7-5-4-6-8-10-12-14-19-27(3)34;1-3-4-2;1-3-5-4-2;5*1-2;;/h24-25,28,31,34H,2-23H2,1H3,(H,32,35)(H,36,37);3-4H2,1-2H3;3H2,1-2H3;4*1-2H3;2H,1H3;1H;1H2/t25-,28-;;;;;;;;;/m0........./s1. The zero-order valence-corrected chi connectivity index (χ0v) is 43.2. The van der Waals surface area contributed by atoms with Crippen molar-refractivity contribution >= 4 is 52.4 Å². The van der Waals surface area contributed by atoms with Gasteiger partial charge in [0, 0.05) is 36.8 Å². The summed E-state index contributed by atoms with van der Waals surface area (Å²) in [5.74, 6) is 0.394. The maximum absolute atomic E-state index is 12.2. The molecule has 12 heteroatoms. The highest BCUT2D eigenvalue weighted by Gasteiger charge is 2.19.